The summed E-state index contributed by atoms with van der Waals surface area (Å²) in [6.07, 6.45) is 0.489. The van der Waals surface area contributed by atoms with Gasteiger partial charge < -0.3 is 4.74 Å². The molecule has 0 radical (unpaired) electrons. The van der Waals surface area contributed by atoms with Crippen LogP contribution in [0, 0.1) is 0 Å². The highest BCUT2D eigenvalue weighted by atomic mass is 35.5. The van der Waals surface area contributed by atoms with E-state index >= 15 is 0 Å². The molecule has 0 aliphatic carbocycles. The molecule has 0 aromatic rings. The molecule has 0 fully saturated rings. The van der Waals surface area contributed by atoms with E-state index in [1.54, 1.807) is 6.92 Å². The molecule has 0 rings (SSSR count). The van der Waals surface area contributed by atoms with Crippen LogP contribution >= 0.6 is 23.2 Å². The van der Waals surface area contributed by atoms with Crippen LogP contribution in [0.3, 0.4) is 0 Å². The fourth-order valence-corrected chi connectivity index (χ4v) is 1.40. The standard InChI is InChI=1S/C9H10Cl2O4/c1-3-7(13)15-9(4-2,8(11)14)5-6(10)12/h3H,1,4-5H2,2H3. The Hall–Kier alpha value is -0.870. The minimum Gasteiger partial charge on any atom is -0.446 e. The van der Waals surface area contributed by atoms with Gasteiger partial charge >= 0.3 is 5.97 Å². The Morgan fingerprint density at radius 2 is 1.93 bits per heavy atom. The predicted molar refractivity (Wildman–Crippen MR) is 55.6 cm³/mol. The molecule has 0 N–H and O–H groups in total. The van der Waals surface area contributed by atoms with Gasteiger partial charge in [0.2, 0.25) is 5.24 Å². The zero-order valence-corrected chi connectivity index (χ0v) is 9.60. The van der Waals surface area contributed by atoms with Crippen LogP contribution in [0.1, 0.15) is 19.8 Å². The number of esters is 1. The number of halogens is 2. The van der Waals surface area contributed by atoms with Crippen molar-refractivity contribution in [3.05, 3.63) is 12.7 Å². The van der Waals surface area contributed by atoms with E-state index in [4.69, 9.17) is 27.9 Å². The van der Waals surface area contributed by atoms with Crippen LogP contribution in [0.25, 0.3) is 0 Å². The Labute approximate surface area is 97.2 Å². The third-order valence-electron chi connectivity index (χ3n) is 1.82. The highest BCUT2D eigenvalue weighted by Crippen LogP contribution is 2.25. The molecule has 4 nitrogen and oxygen atoms in total. The summed E-state index contributed by atoms with van der Waals surface area (Å²) < 4.78 is 4.76. The summed E-state index contributed by atoms with van der Waals surface area (Å²) in [5, 5.41) is -1.74. The molecular weight excluding hydrogens is 243 g/mol. The fourth-order valence-electron chi connectivity index (χ4n) is 0.941. The molecule has 0 saturated heterocycles. The SMILES string of the molecule is C=CC(=O)OC(CC)(CC(=O)Cl)C(=O)Cl. The molecule has 0 aliphatic heterocycles. The molecule has 1 atom stereocenters. The van der Waals surface area contributed by atoms with Gasteiger partial charge in [0.1, 0.15) is 0 Å². The number of rotatable bonds is 6. The van der Waals surface area contributed by atoms with Crippen LogP contribution in [-0.4, -0.2) is 22.1 Å². The van der Waals surface area contributed by atoms with Crippen molar-refractivity contribution in [2.75, 3.05) is 0 Å². The lowest BCUT2D eigenvalue weighted by Gasteiger charge is -2.26. The number of carbonyl (C=O) groups excluding carboxylic acids is 3. The maximum atomic E-state index is 11.1. The lowest BCUT2D eigenvalue weighted by atomic mass is 9.98. The molecule has 0 aromatic heterocycles. The highest BCUT2D eigenvalue weighted by Gasteiger charge is 2.41. The van der Waals surface area contributed by atoms with Gasteiger partial charge in [0.15, 0.2) is 5.60 Å². The van der Waals surface area contributed by atoms with E-state index < -0.39 is 28.5 Å². The van der Waals surface area contributed by atoms with Gasteiger partial charge in [-0.2, -0.15) is 0 Å². The van der Waals surface area contributed by atoms with E-state index in [2.05, 4.69) is 6.58 Å². The molecule has 0 spiro atoms. The maximum absolute atomic E-state index is 11.1. The molecule has 6 heteroatoms. The van der Waals surface area contributed by atoms with Gasteiger partial charge in [0.05, 0.1) is 6.42 Å². The highest BCUT2D eigenvalue weighted by molar-refractivity contribution is 6.67. The van der Waals surface area contributed by atoms with Crippen LogP contribution in [0.2, 0.25) is 0 Å². The van der Waals surface area contributed by atoms with Gasteiger partial charge in [0.25, 0.3) is 5.24 Å². The maximum Gasteiger partial charge on any atom is 0.331 e. The third kappa shape index (κ3) is 4.01. The van der Waals surface area contributed by atoms with E-state index in [9.17, 15) is 14.4 Å². The third-order valence-corrected chi connectivity index (χ3v) is 2.29. The van der Waals surface area contributed by atoms with E-state index in [0.29, 0.717) is 0 Å². The average Bonchev–Trinajstić information content (AvgIpc) is 2.15. The average molecular weight is 253 g/mol. The van der Waals surface area contributed by atoms with Gasteiger partial charge in [-0.25, -0.2) is 4.79 Å². The Kier molecular flexibility index (Phi) is 5.54. The Morgan fingerprint density at radius 1 is 1.40 bits per heavy atom. The van der Waals surface area contributed by atoms with Gasteiger partial charge in [-0.3, -0.25) is 9.59 Å². The van der Waals surface area contributed by atoms with E-state index in [1.165, 1.54) is 0 Å². The second kappa shape index (κ2) is 5.88. The first-order valence-corrected chi connectivity index (χ1v) is 4.87. The number of hydrogen-bond donors (Lipinski definition) is 0. The first kappa shape index (κ1) is 14.1. The van der Waals surface area contributed by atoms with Crippen LogP contribution < -0.4 is 0 Å². The smallest absolute Gasteiger partial charge is 0.331 e. The van der Waals surface area contributed by atoms with Crippen molar-refractivity contribution in [2.45, 2.75) is 25.4 Å². The van der Waals surface area contributed by atoms with E-state index in [0.717, 1.165) is 6.08 Å². The van der Waals surface area contributed by atoms with Crippen molar-refractivity contribution >= 4 is 39.7 Å². The molecule has 0 bridgehead atoms. The van der Waals surface area contributed by atoms with Gasteiger partial charge in [-0.05, 0) is 29.6 Å². The first-order valence-electron chi connectivity index (χ1n) is 4.11. The van der Waals surface area contributed by atoms with Crippen molar-refractivity contribution in [2.24, 2.45) is 0 Å². The fraction of sp³-hybridized carbons (Fsp3) is 0.444. The summed E-state index contributed by atoms with van der Waals surface area (Å²) in [6.45, 7) is 4.72. The van der Waals surface area contributed by atoms with Crippen LogP contribution in [0.5, 0.6) is 0 Å². The number of carbonyl (C=O) groups is 3. The van der Waals surface area contributed by atoms with Crippen molar-refractivity contribution in [1.82, 2.24) is 0 Å². The molecular formula is C9H10Cl2O4. The molecule has 0 aromatic carbocycles. The molecule has 0 heterocycles. The largest absolute Gasteiger partial charge is 0.446 e. The Morgan fingerprint density at radius 3 is 2.20 bits per heavy atom. The summed E-state index contributed by atoms with van der Waals surface area (Å²) in [5.74, 6) is -0.830. The van der Waals surface area contributed by atoms with Crippen LogP contribution in [-0.2, 0) is 19.1 Å². The lowest BCUT2D eigenvalue weighted by Crippen LogP contribution is -2.41. The summed E-state index contributed by atoms with van der Waals surface area (Å²) in [6, 6.07) is 0. The second-order valence-electron chi connectivity index (χ2n) is 2.78. The van der Waals surface area contributed by atoms with Crippen molar-refractivity contribution < 1.29 is 19.1 Å². The van der Waals surface area contributed by atoms with Gasteiger partial charge in [0, 0.05) is 6.08 Å². The van der Waals surface area contributed by atoms with Crippen molar-refractivity contribution in [1.29, 1.82) is 0 Å². The quantitative estimate of drug-likeness (QED) is 0.411. The van der Waals surface area contributed by atoms with Gasteiger partial charge in [-0.1, -0.05) is 13.5 Å². The first-order chi connectivity index (χ1) is 6.88. The van der Waals surface area contributed by atoms with Gasteiger partial charge in [-0.15, -0.1) is 0 Å². The van der Waals surface area contributed by atoms with Crippen LogP contribution in [0.15, 0.2) is 12.7 Å². The lowest BCUT2D eigenvalue weighted by molar-refractivity contribution is -0.161. The zero-order valence-electron chi connectivity index (χ0n) is 8.09. The summed E-state index contributed by atoms with van der Waals surface area (Å²) in [7, 11) is 0. The molecule has 84 valence electrons. The van der Waals surface area contributed by atoms with Crippen LogP contribution in [0.4, 0.5) is 0 Å². The molecule has 0 saturated carbocycles. The van der Waals surface area contributed by atoms with Crippen molar-refractivity contribution in [3.63, 3.8) is 0 Å². The second-order valence-corrected chi connectivity index (χ2v) is 3.54. The molecule has 1 unspecified atom stereocenters. The number of hydrogen-bond acceptors (Lipinski definition) is 4. The number of ether oxygens (including phenoxy) is 1. The topological polar surface area (TPSA) is 60.4 Å². The Bertz CT molecular complexity index is 300. The predicted octanol–water partition coefficient (Wildman–Crippen LogP) is 1.79. The summed E-state index contributed by atoms with van der Waals surface area (Å²) in [4.78, 5) is 32.8. The molecule has 0 amide bonds. The minimum absolute atomic E-state index is 0.0629. The normalized spacial score (nSPS) is 13.8. The minimum atomic E-state index is -1.69. The van der Waals surface area contributed by atoms with Crippen molar-refractivity contribution in [3.8, 4) is 0 Å². The van der Waals surface area contributed by atoms with E-state index in [1.807, 2.05) is 0 Å². The monoisotopic (exact) mass is 252 g/mol. The summed E-state index contributed by atoms with van der Waals surface area (Å²) in [5.41, 5.74) is -1.69. The molecule has 15 heavy (non-hydrogen) atoms. The van der Waals surface area contributed by atoms with E-state index in [-0.39, 0.29) is 6.42 Å². The summed E-state index contributed by atoms with van der Waals surface area (Å²) >= 11 is 10.4. The zero-order chi connectivity index (χ0) is 12.1. The Balaban J connectivity index is 4.96. The molecule has 0 aliphatic rings.